The van der Waals surface area contributed by atoms with Gasteiger partial charge in [0.05, 0.1) is 10.6 Å². The van der Waals surface area contributed by atoms with E-state index in [2.05, 4.69) is 9.97 Å². The molecule has 0 saturated carbocycles. The molecule has 0 radical (unpaired) electrons. The third-order valence-corrected chi connectivity index (χ3v) is 3.81. The van der Waals surface area contributed by atoms with Crippen molar-refractivity contribution < 1.29 is 4.79 Å². The Balaban J connectivity index is 2.51. The van der Waals surface area contributed by atoms with E-state index in [-0.39, 0.29) is 16.6 Å². The number of carbonyl (C=O) groups is 1. The first-order valence-corrected chi connectivity index (χ1v) is 7.74. The number of halogens is 2. The number of nitrogens with zero attached hydrogens (tertiary/aromatic N) is 3. The van der Waals surface area contributed by atoms with Crippen molar-refractivity contribution in [1.29, 1.82) is 0 Å². The van der Waals surface area contributed by atoms with E-state index < -0.39 is 0 Å². The highest BCUT2D eigenvalue weighted by Crippen LogP contribution is 2.30. The number of rotatable bonds is 5. The van der Waals surface area contributed by atoms with E-state index >= 15 is 0 Å². The molecule has 0 aliphatic heterocycles. The van der Waals surface area contributed by atoms with Gasteiger partial charge in [0.2, 0.25) is 0 Å². The smallest absolute Gasteiger partial charge is 0.258 e. The lowest BCUT2D eigenvalue weighted by Crippen LogP contribution is -2.33. The van der Waals surface area contributed by atoms with Crippen LogP contribution in [0.1, 0.15) is 37.0 Å². The minimum absolute atomic E-state index is 0.105. The number of aromatic nitrogens is 2. The maximum absolute atomic E-state index is 12.7. The molecule has 2 aromatic heterocycles. The second-order valence-electron chi connectivity index (χ2n) is 4.76. The van der Waals surface area contributed by atoms with Crippen LogP contribution in [0.15, 0.2) is 18.3 Å². The molecule has 0 saturated heterocycles. The number of fused-ring (bicyclic) bond motifs is 1. The Kier molecular flexibility index (Phi) is 5.37. The van der Waals surface area contributed by atoms with Crippen LogP contribution in [0.3, 0.4) is 0 Å². The summed E-state index contributed by atoms with van der Waals surface area (Å²) >= 11 is 12.5. The zero-order valence-electron chi connectivity index (χ0n) is 12.1. The number of hydrogen-bond donors (Lipinski definition) is 0. The van der Waals surface area contributed by atoms with Gasteiger partial charge in [-0.05, 0) is 25.0 Å². The largest absolute Gasteiger partial charge is 0.339 e. The van der Waals surface area contributed by atoms with Gasteiger partial charge in [0.15, 0.2) is 5.65 Å². The van der Waals surface area contributed by atoms with Crippen molar-refractivity contribution >= 4 is 40.1 Å². The summed E-state index contributed by atoms with van der Waals surface area (Å²) in [6.07, 6.45) is 3.37. The summed E-state index contributed by atoms with van der Waals surface area (Å²) in [5.41, 5.74) is 0.710. The molecule has 2 rings (SSSR count). The second kappa shape index (κ2) is 7.05. The van der Waals surface area contributed by atoms with Crippen LogP contribution in [-0.2, 0) is 0 Å². The topological polar surface area (TPSA) is 46.1 Å². The monoisotopic (exact) mass is 325 g/mol. The molecule has 2 heterocycles. The van der Waals surface area contributed by atoms with Gasteiger partial charge >= 0.3 is 0 Å². The van der Waals surface area contributed by atoms with Crippen molar-refractivity contribution in [2.45, 2.75) is 26.7 Å². The maximum Gasteiger partial charge on any atom is 0.258 e. The van der Waals surface area contributed by atoms with Crippen LogP contribution in [-0.4, -0.2) is 33.9 Å². The molecular weight excluding hydrogens is 309 g/mol. The van der Waals surface area contributed by atoms with Crippen molar-refractivity contribution in [1.82, 2.24) is 14.9 Å². The summed E-state index contributed by atoms with van der Waals surface area (Å²) in [7, 11) is 0. The molecule has 112 valence electrons. The van der Waals surface area contributed by atoms with Gasteiger partial charge in [-0.25, -0.2) is 9.97 Å². The molecule has 2 aromatic rings. The Hall–Kier alpha value is -1.39. The lowest BCUT2D eigenvalue weighted by molar-refractivity contribution is 0.0755. The van der Waals surface area contributed by atoms with E-state index in [0.29, 0.717) is 29.1 Å². The second-order valence-corrected chi connectivity index (χ2v) is 5.49. The Morgan fingerprint density at radius 1 is 1.24 bits per heavy atom. The molecule has 21 heavy (non-hydrogen) atoms. The number of carbonyl (C=O) groups excluding carboxylic acids is 1. The Morgan fingerprint density at radius 3 is 2.52 bits per heavy atom. The highest BCUT2D eigenvalue weighted by molar-refractivity contribution is 6.42. The van der Waals surface area contributed by atoms with Gasteiger partial charge in [-0.2, -0.15) is 0 Å². The van der Waals surface area contributed by atoms with Crippen LogP contribution in [0, 0.1) is 0 Å². The first-order valence-electron chi connectivity index (χ1n) is 6.99. The summed E-state index contributed by atoms with van der Waals surface area (Å²) in [6, 6.07) is 3.54. The fourth-order valence-electron chi connectivity index (χ4n) is 2.23. The van der Waals surface area contributed by atoms with Gasteiger partial charge in [-0.15, -0.1) is 0 Å². The van der Waals surface area contributed by atoms with Gasteiger partial charge in [0.1, 0.15) is 5.15 Å². The first-order chi connectivity index (χ1) is 10.1. The molecule has 6 heteroatoms. The molecule has 0 spiro atoms. The first kappa shape index (κ1) is 16.0. The summed E-state index contributed by atoms with van der Waals surface area (Å²) in [5.74, 6) is -0.174. The SMILES string of the molecule is CCCN(CCC)C(=O)c1c(Cl)nc2ncccc2c1Cl. The third-order valence-electron chi connectivity index (χ3n) is 3.14. The minimum atomic E-state index is -0.174. The summed E-state index contributed by atoms with van der Waals surface area (Å²) < 4.78 is 0. The Morgan fingerprint density at radius 2 is 1.90 bits per heavy atom. The molecule has 0 aliphatic carbocycles. The van der Waals surface area contributed by atoms with Gasteiger partial charge < -0.3 is 4.90 Å². The van der Waals surface area contributed by atoms with Crippen LogP contribution in [0.5, 0.6) is 0 Å². The highest BCUT2D eigenvalue weighted by atomic mass is 35.5. The van der Waals surface area contributed by atoms with Crippen molar-refractivity contribution in [3.8, 4) is 0 Å². The van der Waals surface area contributed by atoms with E-state index in [1.807, 2.05) is 13.8 Å². The number of pyridine rings is 2. The number of hydrogen-bond acceptors (Lipinski definition) is 3. The normalized spacial score (nSPS) is 10.9. The minimum Gasteiger partial charge on any atom is -0.339 e. The third kappa shape index (κ3) is 3.27. The van der Waals surface area contributed by atoms with E-state index in [0.717, 1.165) is 12.8 Å². The summed E-state index contributed by atoms with van der Waals surface area (Å²) in [6.45, 7) is 5.40. The molecule has 0 aromatic carbocycles. The van der Waals surface area contributed by atoms with Gasteiger partial charge in [0.25, 0.3) is 5.91 Å². The Labute approximate surface area is 134 Å². The lowest BCUT2D eigenvalue weighted by atomic mass is 10.1. The van der Waals surface area contributed by atoms with Crippen LogP contribution in [0.4, 0.5) is 0 Å². The quantitative estimate of drug-likeness (QED) is 0.774. The predicted molar refractivity (Wildman–Crippen MR) is 86.0 cm³/mol. The molecule has 0 aliphatic rings. The van der Waals surface area contributed by atoms with Crippen LogP contribution in [0.25, 0.3) is 11.0 Å². The molecular formula is C15H17Cl2N3O. The molecule has 0 fully saturated rings. The van der Waals surface area contributed by atoms with E-state index in [4.69, 9.17) is 23.2 Å². The van der Waals surface area contributed by atoms with E-state index in [1.54, 1.807) is 23.2 Å². The van der Waals surface area contributed by atoms with Crippen molar-refractivity contribution in [2.24, 2.45) is 0 Å². The number of amides is 1. The van der Waals surface area contributed by atoms with Crippen LogP contribution < -0.4 is 0 Å². The molecule has 4 nitrogen and oxygen atoms in total. The van der Waals surface area contributed by atoms with E-state index in [9.17, 15) is 4.79 Å². The van der Waals surface area contributed by atoms with Crippen LogP contribution in [0.2, 0.25) is 10.2 Å². The summed E-state index contributed by atoms with van der Waals surface area (Å²) in [5, 5.41) is 1.06. The van der Waals surface area contributed by atoms with Gasteiger partial charge in [-0.1, -0.05) is 37.0 Å². The molecule has 0 N–H and O–H groups in total. The zero-order valence-corrected chi connectivity index (χ0v) is 13.6. The molecule has 1 amide bonds. The van der Waals surface area contributed by atoms with Crippen molar-refractivity contribution in [3.05, 3.63) is 34.1 Å². The summed E-state index contributed by atoms with van der Waals surface area (Å²) in [4.78, 5) is 22.8. The molecule has 0 unspecified atom stereocenters. The standard InChI is InChI=1S/C15H17Cl2N3O/c1-3-8-20(9-4-2)15(21)11-12(16)10-6-5-7-18-14(10)19-13(11)17/h5-7H,3-4,8-9H2,1-2H3. The molecule has 0 atom stereocenters. The Bertz CT molecular complexity index is 655. The van der Waals surface area contributed by atoms with Crippen molar-refractivity contribution in [2.75, 3.05) is 13.1 Å². The molecule has 0 bridgehead atoms. The fourth-order valence-corrected chi connectivity index (χ4v) is 2.85. The zero-order chi connectivity index (χ0) is 15.4. The maximum atomic E-state index is 12.7. The van der Waals surface area contributed by atoms with E-state index in [1.165, 1.54) is 0 Å². The fraction of sp³-hybridized carbons (Fsp3) is 0.400. The van der Waals surface area contributed by atoms with Crippen molar-refractivity contribution in [3.63, 3.8) is 0 Å². The highest BCUT2D eigenvalue weighted by Gasteiger charge is 2.23. The van der Waals surface area contributed by atoms with Gasteiger partial charge in [0, 0.05) is 24.7 Å². The average Bonchev–Trinajstić information content (AvgIpc) is 2.47. The predicted octanol–water partition coefficient (Wildman–Crippen LogP) is 4.20. The van der Waals surface area contributed by atoms with Gasteiger partial charge in [-0.3, -0.25) is 4.79 Å². The van der Waals surface area contributed by atoms with Crippen LogP contribution >= 0.6 is 23.2 Å². The lowest BCUT2D eigenvalue weighted by Gasteiger charge is -2.22. The average molecular weight is 326 g/mol.